The molecule has 4 heteroatoms. The largest absolute Gasteiger partial charge is 0.491 e. The fraction of sp³-hybridized carbons (Fsp3) is 0.471. The number of hydrogen-bond donors (Lipinski definition) is 1. The maximum atomic E-state index is 6.05. The molecule has 0 unspecified atom stereocenters. The van der Waals surface area contributed by atoms with Crippen LogP contribution in [0.4, 0.5) is 5.69 Å². The van der Waals surface area contributed by atoms with Crippen molar-refractivity contribution in [2.45, 2.75) is 46.0 Å². The van der Waals surface area contributed by atoms with E-state index in [0.29, 0.717) is 12.3 Å². The number of nitrogens with two attached hydrogens (primary N) is 1. The van der Waals surface area contributed by atoms with Gasteiger partial charge in [0, 0.05) is 17.2 Å². The summed E-state index contributed by atoms with van der Waals surface area (Å²) in [5, 5.41) is 3.28. The lowest BCUT2D eigenvalue weighted by atomic mass is 9.93. The average molecular weight is 304 g/mol. The molecule has 3 nitrogen and oxygen atoms in total. The van der Waals surface area contributed by atoms with Gasteiger partial charge in [0.05, 0.1) is 23.0 Å². The highest BCUT2D eigenvalue weighted by atomic mass is 32.1. The van der Waals surface area contributed by atoms with Crippen molar-refractivity contribution in [3.63, 3.8) is 0 Å². The monoisotopic (exact) mass is 304 g/mol. The van der Waals surface area contributed by atoms with Gasteiger partial charge in [0.2, 0.25) is 0 Å². The number of nitrogens with zero attached hydrogens (tertiary/aromatic N) is 1. The van der Waals surface area contributed by atoms with E-state index in [0.717, 1.165) is 29.3 Å². The van der Waals surface area contributed by atoms with Crippen LogP contribution in [0.5, 0.6) is 5.75 Å². The molecule has 0 aliphatic rings. The van der Waals surface area contributed by atoms with Crippen LogP contribution < -0.4 is 10.5 Å². The van der Waals surface area contributed by atoms with E-state index in [2.05, 4.69) is 39.1 Å². The molecule has 2 N–H and O–H groups in total. The summed E-state index contributed by atoms with van der Waals surface area (Å²) in [4.78, 5) is 4.72. The second-order valence-corrected chi connectivity index (χ2v) is 7.22. The molecular formula is C17H24N2OS. The zero-order valence-corrected chi connectivity index (χ0v) is 14.1. The zero-order valence-electron chi connectivity index (χ0n) is 13.3. The van der Waals surface area contributed by atoms with Crippen molar-refractivity contribution in [2.24, 2.45) is 0 Å². The van der Waals surface area contributed by atoms with Gasteiger partial charge in [-0.25, -0.2) is 4.98 Å². The van der Waals surface area contributed by atoms with E-state index in [1.807, 2.05) is 12.1 Å². The number of anilines is 1. The minimum atomic E-state index is 0.103. The summed E-state index contributed by atoms with van der Waals surface area (Å²) in [6.45, 7) is 9.34. The lowest BCUT2D eigenvalue weighted by Crippen LogP contribution is -2.11. The van der Waals surface area contributed by atoms with Crippen LogP contribution in [-0.4, -0.2) is 11.6 Å². The maximum absolute atomic E-state index is 6.05. The normalized spacial score (nSPS) is 11.6. The molecule has 0 aliphatic carbocycles. The van der Waals surface area contributed by atoms with Crippen LogP contribution >= 0.6 is 11.3 Å². The third kappa shape index (κ3) is 4.21. The molecule has 0 saturated carbocycles. The van der Waals surface area contributed by atoms with E-state index >= 15 is 0 Å². The number of aromatic nitrogens is 1. The van der Waals surface area contributed by atoms with Gasteiger partial charge in [-0.1, -0.05) is 33.8 Å². The van der Waals surface area contributed by atoms with Crippen molar-refractivity contribution in [3.8, 4) is 5.75 Å². The van der Waals surface area contributed by atoms with Gasteiger partial charge in [0.15, 0.2) is 0 Å². The number of hydrogen-bond acceptors (Lipinski definition) is 4. The molecule has 0 bridgehead atoms. The van der Waals surface area contributed by atoms with Crippen molar-refractivity contribution in [3.05, 3.63) is 39.8 Å². The zero-order chi connectivity index (χ0) is 15.5. The third-order valence-electron chi connectivity index (χ3n) is 3.21. The van der Waals surface area contributed by atoms with Gasteiger partial charge in [-0.3, -0.25) is 0 Å². The Balaban J connectivity index is 2.09. The SMILES string of the molecule is CCCOc1ccc(Cc2nc(C(C)(C)C)cs2)cc1N. The quantitative estimate of drug-likeness (QED) is 0.833. The summed E-state index contributed by atoms with van der Waals surface area (Å²) in [6, 6.07) is 6.02. The summed E-state index contributed by atoms with van der Waals surface area (Å²) in [5.41, 5.74) is 9.18. The molecule has 0 radical (unpaired) electrons. The van der Waals surface area contributed by atoms with Crippen LogP contribution in [0, 0.1) is 0 Å². The van der Waals surface area contributed by atoms with Gasteiger partial charge < -0.3 is 10.5 Å². The first-order chi connectivity index (χ1) is 9.90. The van der Waals surface area contributed by atoms with E-state index in [4.69, 9.17) is 15.5 Å². The highest BCUT2D eigenvalue weighted by Crippen LogP contribution is 2.27. The summed E-state index contributed by atoms with van der Waals surface area (Å²) in [6.07, 6.45) is 1.80. The molecular weight excluding hydrogens is 280 g/mol. The topological polar surface area (TPSA) is 48.1 Å². The molecule has 1 aromatic heterocycles. The van der Waals surface area contributed by atoms with Crippen LogP contribution in [0.3, 0.4) is 0 Å². The highest BCUT2D eigenvalue weighted by molar-refractivity contribution is 7.09. The summed E-state index contributed by atoms with van der Waals surface area (Å²) in [7, 11) is 0. The minimum absolute atomic E-state index is 0.103. The summed E-state index contributed by atoms with van der Waals surface area (Å²) >= 11 is 1.71. The molecule has 1 aromatic carbocycles. The number of benzene rings is 1. The Morgan fingerprint density at radius 3 is 2.62 bits per heavy atom. The van der Waals surface area contributed by atoms with E-state index in [1.54, 1.807) is 11.3 Å². The number of thiazole rings is 1. The second-order valence-electron chi connectivity index (χ2n) is 6.27. The Morgan fingerprint density at radius 1 is 1.29 bits per heavy atom. The Hall–Kier alpha value is -1.55. The fourth-order valence-electron chi connectivity index (χ4n) is 1.96. The molecule has 0 fully saturated rings. The van der Waals surface area contributed by atoms with Gasteiger partial charge in [-0.05, 0) is 24.1 Å². The predicted molar refractivity (Wildman–Crippen MR) is 90.3 cm³/mol. The average Bonchev–Trinajstić information content (AvgIpc) is 2.86. The molecule has 0 spiro atoms. The van der Waals surface area contributed by atoms with Crippen molar-refractivity contribution in [2.75, 3.05) is 12.3 Å². The number of rotatable bonds is 5. The Kier molecular flexibility index (Phi) is 4.88. The van der Waals surface area contributed by atoms with Crippen molar-refractivity contribution < 1.29 is 4.74 Å². The van der Waals surface area contributed by atoms with Gasteiger partial charge in [0.25, 0.3) is 0 Å². The molecule has 2 rings (SSSR count). The van der Waals surface area contributed by atoms with Crippen LogP contribution in [0.1, 0.15) is 50.4 Å². The lowest BCUT2D eigenvalue weighted by molar-refractivity contribution is 0.319. The molecule has 0 amide bonds. The van der Waals surface area contributed by atoms with Gasteiger partial charge in [-0.15, -0.1) is 11.3 Å². The molecule has 1 heterocycles. The van der Waals surface area contributed by atoms with E-state index in [-0.39, 0.29) is 5.41 Å². The molecule has 2 aromatic rings. The van der Waals surface area contributed by atoms with Crippen LogP contribution in [0.25, 0.3) is 0 Å². The summed E-state index contributed by atoms with van der Waals surface area (Å²) in [5.74, 6) is 0.773. The van der Waals surface area contributed by atoms with Gasteiger partial charge in [-0.2, -0.15) is 0 Å². The van der Waals surface area contributed by atoms with Crippen LogP contribution in [-0.2, 0) is 11.8 Å². The molecule has 0 atom stereocenters. The van der Waals surface area contributed by atoms with Crippen molar-refractivity contribution in [1.29, 1.82) is 0 Å². The third-order valence-corrected chi connectivity index (χ3v) is 4.06. The van der Waals surface area contributed by atoms with E-state index in [9.17, 15) is 0 Å². The standard InChI is InChI=1S/C17H24N2OS/c1-5-8-20-14-7-6-12(9-13(14)18)10-16-19-15(11-21-16)17(2,3)4/h6-7,9,11H,5,8,10,18H2,1-4H3. The molecule has 0 saturated heterocycles. The Labute approximate surface area is 131 Å². The highest BCUT2D eigenvalue weighted by Gasteiger charge is 2.17. The van der Waals surface area contributed by atoms with Gasteiger partial charge >= 0.3 is 0 Å². The smallest absolute Gasteiger partial charge is 0.142 e. The first-order valence-electron chi connectivity index (χ1n) is 7.36. The minimum Gasteiger partial charge on any atom is -0.491 e. The Morgan fingerprint density at radius 2 is 2.05 bits per heavy atom. The molecule has 0 aliphatic heterocycles. The van der Waals surface area contributed by atoms with Crippen LogP contribution in [0.2, 0.25) is 0 Å². The first kappa shape index (κ1) is 15.8. The molecule has 114 valence electrons. The first-order valence-corrected chi connectivity index (χ1v) is 8.24. The lowest BCUT2D eigenvalue weighted by Gasteiger charge is -2.14. The van der Waals surface area contributed by atoms with Crippen LogP contribution in [0.15, 0.2) is 23.6 Å². The number of ether oxygens (including phenoxy) is 1. The van der Waals surface area contributed by atoms with Crippen molar-refractivity contribution in [1.82, 2.24) is 4.98 Å². The van der Waals surface area contributed by atoms with Crippen molar-refractivity contribution >= 4 is 17.0 Å². The maximum Gasteiger partial charge on any atom is 0.142 e. The summed E-state index contributed by atoms with van der Waals surface area (Å²) < 4.78 is 5.60. The molecule has 21 heavy (non-hydrogen) atoms. The van der Waals surface area contributed by atoms with Gasteiger partial charge in [0.1, 0.15) is 5.75 Å². The predicted octanol–water partition coefficient (Wildman–Crippen LogP) is 4.40. The van der Waals surface area contributed by atoms with E-state index in [1.165, 1.54) is 5.56 Å². The Bertz CT molecular complexity index is 599. The van der Waals surface area contributed by atoms with E-state index < -0.39 is 0 Å². The fourth-order valence-corrected chi connectivity index (χ4v) is 3.02. The second kappa shape index (κ2) is 6.48. The number of nitrogen functional groups attached to an aromatic ring is 1.